The van der Waals surface area contributed by atoms with Crippen molar-refractivity contribution >= 4 is 5.69 Å². The summed E-state index contributed by atoms with van der Waals surface area (Å²) in [4.78, 5) is 1.09. The summed E-state index contributed by atoms with van der Waals surface area (Å²) in [5.74, 6) is -0.416. The van der Waals surface area contributed by atoms with Crippen LogP contribution in [0.25, 0.3) is 0 Å². The van der Waals surface area contributed by atoms with E-state index < -0.39 is 18.5 Å². The minimum atomic E-state index is -4.29. The number of alkyl halides is 3. The lowest BCUT2D eigenvalue weighted by atomic mass is 10.0. The van der Waals surface area contributed by atoms with Gasteiger partial charge in [-0.25, -0.2) is 4.39 Å². The van der Waals surface area contributed by atoms with Crippen molar-refractivity contribution in [1.82, 2.24) is 5.32 Å². The normalized spacial score (nSPS) is 13.5. The van der Waals surface area contributed by atoms with E-state index in [0.717, 1.165) is 4.90 Å². The number of rotatable bonds is 4. The molecule has 19 heavy (non-hydrogen) atoms. The van der Waals surface area contributed by atoms with Gasteiger partial charge < -0.3 is 10.2 Å². The van der Waals surface area contributed by atoms with E-state index in [0.29, 0.717) is 16.8 Å². The fourth-order valence-electron chi connectivity index (χ4n) is 1.87. The van der Waals surface area contributed by atoms with Crippen LogP contribution in [-0.4, -0.2) is 26.8 Å². The molecule has 0 radical (unpaired) electrons. The molecule has 0 spiro atoms. The lowest BCUT2D eigenvalue weighted by molar-refractivity contribution is -0.119. The van der Waals surface area contributed by atoms with E-state index in [9.17, 15) is 17.6 Å². The smallest absolute Gasteiger partial charge is 0.365 e. The predicted octanol–water partition coefficient (Wildman–Crippen LogP) is 3.41. The second-order valence-electron chi connectivity index (χ2n) is 4.64. The number of hydrogen-bond acceptors (Lipinski definition) is 2. The van der Waals surface area contributed by atoms with Gasteiger partial charge in [0.1, 0.15) is 12.4 Å². The molecule has 108 valence electrons. The molecule has 2 nitrogen and oxygen atoms in total. The lowest BCUT2D eigenvalue weighted by Crippen LogP contribution is -2.32. The van der Waals surface area contributed by atoms with Gasteiger partial charge in [0.05, 0.1) is 0 Å². The fraction of sp³-hybridized carbons (Fsp3) is 0.538. The molecule has 0 bridgehead atoms. The van der Waals surface area contributed by atoms with E-state index >= 15 is 0 Å². The third-order valence-corrected chi connectivity index (χ3v) is 3.04. The largest absolute Gasteiger partial charge is 0.405 e. The summed E-state index contributed by atoms with van der Waals surface area (Å²) >= 11 is 0. The van der Waals surface area contributed by atoms with E-state index in [4.69, 9.17) is 0 Å². The van der Waals surface area contributed by atoms with Crippen LogP contribution in [-0.2, 0) is 0 Å². The number of nitrogens with zero attached hydrogens (tertiary/aromatic N) is 1. The van der Waals surface area contributed by atoms with Crippen LogP contribution in [0.5, 0.6) is 0 Å². The van der Waals surface area contributed by atoms with Crippen molar-refractivity contribution in [3.8, 4) is 0 Å². The topological polar surface area (TPSA) is 15.3 Å². The van der Waals surface area contributed by atoms with Gasteiger partial charge in [-0.15, -0.1) is 0 Å². The van der Waals surface area contributed by atoms with Gasteiger partial charge in [0.25, 0.3) is 0 Å². The zero-order chi connectivity index (χ0) is 14.8. The Hall–Kier alpha value is -1.30. The summed E-state index contributed by atoms with van der Waals surface area (Å²) in [6.45, 7) is 2.24. The summed E-state index contributed by atoms with van der Waals surface area (Å²) in [6.07, 6.45) is -4.29. The molecular weight excluding hydrogens is 260 g/mol. The molecule has 1 unspecified atom stereocenters. The SMILES string of the molecule is CNC(C)c1cc(F)c(C)cc1N(C)CC(F)(F)F. The van der Waals surface area contributed by atoms with Crippen LogP contribution in [0, 0.1) is 12.7 Å². The van der Waals surface area contributed by atoms with Crippen molar-refractivity contribution in [2.45, 2.75) is 26.1 Å². The summed E-state index contributed by atoms with van der Waals surface area (Å²) in [5.41, 5.74) is 1.23. The zero-order valence-electron chi connectivity index (χ0n) is 11.4. The Bertz CT molecular complexity index is 443. The van der Waals surface area contributed by atoms with Gasteiger partial charge in [-0.3, -0.25) is 0 Å². The van der Waals surface area contributed by atoms with E-state index in [2.05, 4.69) is 5.32 Å². The van der Waals surface area contributed by atoms with Crippen LogP contribution in [0.2, 0.25) is 0 Å². The molecule has 1 rings (SSSR count). The third kappa shape index (κ3) is 4.09. The van der Waals surface area contributed by atoms with Gasteiger partial charge in [-0.05, 0) is 44.2 Å². The monoisotopic (exact) mass is 278 g/mol. The number of hydrogen-bond donors (Lipinski definition) is 1. The van der Waals surface area contributed by atoms with Crippen LogP contribution in [0.1, 0.15) is 24.1 Å². The summed E-state index contributed by atoms with van der Waals surface area (Å²) in [5, 5.41) is 2.91. The number of aryl methyl sites for hydroxylation is 1. The Morgan fingerprint density at radius 2 is 1.89 bits per heavy atom. The maximum absolute atomic E-state index is 13.6. The summed E-state index contributed by atoms with van der Waals surface area (Å²) in [6, 6.07) is 2.50. The maximum Gasteiger partial charge on any atom is 0.405 e. The predicted molar refractivity (Wildman–Crippen MR) is 67.9 cm³/mol. The molecule has 1 aromatic rings. The minimum absolute atomic E-state index is 0.235. The van der Waals surface area contributed by atoms with Crippen LogP contribution < -0.4 is 10.2 Å². The molecule has 0 heterocycles. The van der Waals surface area contributed by atoms with Crippen LogP contribution in [0.15, 0.2) is 12.1 Å². The van der Waals surface area contributed by atoms with Crippen LogP contribution in [0.3, 0.4) is 0 Å². The van der Waals surface area contributed by atoms with Crippen molar-refractivity contribution in [3.05, 3.63) is 29.1 Å². The molecule has 0 aliphatic carbocycles. The van der Waals surface area contributed by atoms with Crippen molar-refractivity contribution < 1.29 is 17.6 Å². The first-order valence-electron chi connectivity index (χ1n) is 5.91. The van der Waals surface area contributed by atoms with Crippen molar-refractivity contribution in [2.75, 3.05) is 25.5 Å². The molecule has 1 aromatic carbocycles. The van der Waals surface area contributed by atoms with Gasteiger partial charge in [0.2, 0.25) is 0 Å². The highest BCUT2D eigenvalue weighted by molar-refractivity contribution is 5.56. The van der Waals surface area contributed by atoms with Crippen molar-refractivity contribution in [2.24, 2.45) is 0 Å². The molecule has 0 aromatic heterocycles. The first-order chi connectivity index (χ1) is 8.65. The van der Waals surface area contributed by atoms with E-state index in [1.54, 1.807) is 14.0 Å². The van der Waals surface area contributed by atoms with Gasteiger partial charge >= 0.3 is 6.18 Å². The van der Waals surface area contributed by atoms with Gasteiger partial charge in [0, 0.05) is 18.8 Å². The first-order valence-corrected chi connectivity index (χ1v) is 5.91. The standard InChI is InChI=1S/C13H18F4N2/c1-8-5-12(19(4)7-13(15,16)17)10(6-11(8)14)9(2)18-3/h5-6,9,18H,7H2,1-4H3. The number of halogens is 4. The van der Waals surface area contributed by atoms with Gasteiger partial charge in [0.15, 0.2) is 0 Å². The number of nitrogens with one attached hydrogen (secondary N) is 1. The molecule has 1 N–H and O–H groups in total. The molecular formula is C13H18F4N2. The van der Waals surface area contributed by atoms with Crippen molar-refractivity contribution in [1.29, 1.82) is 0 Å². The molecule has 6 heteroatoms. The van der Waals surface area contributed by atoms with E-state index in [1.807, 2.05) is 0 Å². The molecule has 0 fully saturated rings. The molecule has 0 amide bonds. The fourth-order valence-corrected chi connectivity index (χ4v) is 1.87. The average Bonchev–Trinajstić information content (AvgIpc) is 2.28. The molecule has 0 aliphatic rings. The Kier molecular flexibility index (Phi) is 4.79. The van der Waals surface area contributed by atoms with E-state index in [-0.39, 0.29) is 6.04 Å². The lowest BCUT2D eigenvalue weighted by Gasteiger charge is -2.26. The highest BCUT2D eigenvalue weighted by atomic mass is 19.4. The van der Waals surface area contributed by atoms with Gasteiger partial charge in [-0.2, -0.15) is 13.2 Å². The highest BCUT2D eigenvalue weighted by Crippen LogP contribution is 2.30. The molecule has 0 saturated heterocycles. The zero-order valence-corrected chi connectivity index (χ0v) is 11.4. The second-order valence-corrected chi connectivity index (χ2v) is 4.64. The van der Waals surface area contributed by atoms with Crippen molar-refractivity contribution in [3.63, 3.8) is 0 Å². The molecule has 1 atom stereocenters. The first kappa shape index (κ1) is 15.8. The average molecular weight is 278 g/mol. The Balaban J connectivity index is 3.20. The Morgan fingerprint density at radius 1 is 1.32 bits per heavy atom. The van der Waals surface area contributed by atoms with Gasteiger partial charge in [-0.1, -0.05) is 0 Å². The quantitative estimate of drug-likeness (QED) is 0.849. The number of anilines is 1. The maximum atomic E-state index is 13.6. The molecule has 0 saturated carbocycles. The third-order valence-electron chi connectivity index (χ3n) is 3.04. The Labute approximate surface area is 110 Å². The highest BCUT2D eigenvalue weighted by Gasteiger charge is 2.30. The Morgan fingerprint density at radius 3 is 2.37 bits per heavy atom. The van der Waals surface area contributed by atoms with Crippen LogP contribution in [0.4, 0.5) is 23.2 Å². The second kappa shape index (κ2) is 5.77. The van der Waals surface area contributed by atoms with E-state index in [1.165, 1.54) is 26.1 Å². The van der Waals surface area contributed by atoms with Crippen LogP contribution >= 0.6 is 0 Å². The number of benzene rings is 1. The molecule has 0 aliphatic heterocycles. The minimum Gasteiger partial charge on any atom is -0.365 e. The summed E-state index contributed by atoms with van der Waals surface area (Å²) < 4.78 is 51.0. The summed E-state index contributed by atoms with van der Waals surface area (Å²) in [7, 11) is 3.03.